The molecule has 0 atom stereocenters. The molecule has 24 heavy (non-hydrogen) atoms. The Morgan fingerprint density at radius 1 is 1.12 bits per heavy atom. The van der Waals surface area contributed by atoms with E-state index in [1.54, 1.807) is 31.4 Å². The molecular formula is C18H18N4O2. The number of likely N-dealkylation sites (N-methyl/N-ethyl adjacent to an activating group) is 1. The highest BCUT2D eigenvalue weighted by atomic mass is 16.5. The maximum absolute atomic E-state index is 12.3. The van der Waals surface area contributed by atoms with Gasteiger partial charge in [-0.15, -0.1) is 0 Å². The van der Waals surface area contributed by atoms with E-state index < -0.39 is 0 Å². The van der Waals surface area contributed by atoms with Gasteiger partial charge in [-0.1, -0.05) is 12.1 Å². The molecule has 0 aliphatic carbocycles. The molecule has 0 spiro atoms. The largest absolute Gasteiger partial charge is 0.497 e. The SMILES string of the molecule is COc1ccc(NC(=O)CN(C)c2ncnc3ccccc23)cc1. The molecule has 1 amide bonds. The molecule has 6 heteroatoms. The molecule has 0 radical (unpaired) electrons. The van der Waals surface area contributed by atoms with E-state index in [-0.39, 0.29) is 12.5 Å². The van der Waals surface area contributed by atoms with Crippen molar-refractivity contribution in [3.8, 4) is 5.75 Å². The molecule has 0 saturated heterocycles. The lowest BCUT2D eigenvalue weighted by Gasteiger charge is -2.19. The zero-order valence-corrected chi connectivity index (χ0v) is 13.6. The molecule has 1 N–H and O–H groups in total. The first-order valence-corrected chi connectivity index (χ1v) is 7.52. The zero-order valence-electron chi connectivity index (χ0n) is 13.6. The monoisotopic (exact) mass is 322 g/mol. The van der Waals surface area contributed by atoms with Crippen molar-refractivity contribution in [3.05, 3.63) is 54.9 Å². The van der Waals surface area contributed by atoms with Gasteiger partial charge in [-0.2, -0.15) is 0 Å². The van der Waals surface area contributed by atoms with Crippen molar-refractivity contribution < 1.29 is 9.53 Å². The van der Waals surface area contributed by atoms with E-state index in [9.17, 15) is 4.79 Å². The number of ether oxygens (including phenoxy) is 1. The first kappa shape index (κ1) is 15.7. The molecule has 1 heterocycles. The predicted molar refractivity (Wildman–Crippen MR) is 94.4 cm³/mol. The van der Waals surface area contributed by atoms with Crippen molar-refractivity contribution in [2.24, 2.45) is 0 Å². The van der Waals surface area contributed by atoms with Crippen LogP contribution < -0.4 is 15.0 Å². The number of hydrogen-bond acceptors (Lipinski definition) is 5. The number of methoxy groups -OCH3 is 1. The smallest absolute Gasteiger partial charge is 0.243 e. The number of nitrogens with one attached hydrogen (secondary N) is 1. The van der Waals surface area contributed by atoms with Crippen molar-refractivity contribution in [3.63, 3.8) is 0 Å². The highest BCUT2D eigenvalue weighted by Crippen LogP contribution is 2.21. The molecule has 2 aromatic carbocycles. The van der Waals surface area contributed by atoms with E-state index in [0.717, 1.165) is 28.2 Å². The van der Waals surface area contributed by atoms with Crippen LogP contribution in [0.3, 0.4) is 0 Å². The third kappa shape index (κ3) is 3.43. The Morgan fingerprint density at radius 2 is 1.88 bits per heavy atom. The molecule has 1 aromatic heterocycles. The maximum atomic E-state index is 12.3. The number of hydrogen-bond donors (Lipinski definition) is 1. The first-order chi connectivity index (χ1) is 11.7. The van der Waals surface area contributed by atoms with Gasteiger partial charge < -0.3 is 15.0 Å². The van der Waals surface area contributed by atoms with Crippen LogP contribution in [0.2, 0.25) is 0 Å². The van der Waals surface area contributed by atoms with Gasteiger partial charge in [-0.05, 0) is 36.4 Å². The summed E-state index contributed by atoms with van der Waals surface area (Å²) in [6.07, 6.45) is 1.51. The fourth-order valence-electron chi connectivity index (χ4n) is 2.46. The number of benzene rings is 2. The summed E-state index contributed by atoms with van der Waals surface area (Å²) in [4.78, 5) is 22.6. The minimum atomic E-state index is -0.120. The number of carbonyl (C=O) groups excluding carboxylic acids is 1. The summed E-state index contributed by atoms with van der Waals surface area (Å²) in [6, 6.07) is 14.9. The number of para-hydroxylation sites is 1. The summed E-state index contributed by atoms with van der Waals surface area (Å²) in [5.41, 5.74) is 1.58. The van der Waals surface area contributed by atoms with Crippen LogP contribution in [0, 0.1) is 0 Å². The summed E-state index contributed by atoms with van der Waals surface area (Å²) in [5.74, 6) is 1.36. The van der Waals surface area contributed by atoms with Crippen LogP contribution in [0.25, 0.3) is 10.9 Å². The van der Waals surface area contributed by atoms with E-state index >= 15 is 0 Å². The van der Waals surface area contributed by atoms with Crippen LogP contribution in [0.1, 0.15) is 0 Å². The second kappa shape index (κ2) is 6.95. The van der Waals surface area contributed by atoms with Gasteiger partial charge in [0.15, 0.2) is 0 Å². The fraction of sp³-hybridized carbons (Fsp3) is 0.167. The summed E-state index contributed by atoms with van der Waals surface area (Å²) in [6.45, 7) is 0.188. The molecule has 0 bridgehead atoms. The number of aromatic nitrogens is 2. The Bertz CT molecular complexity index is 844. The normalized spacial score (nSPS) is 10.4. The third-order valence-corrected chi connectivity index (χ3v) is 3.64. The van der Waals surface area contributed by atoms with Crippen molar-refractivity contribution in [2.45, 2.75) is 0 Å². The van der Waals surface area contributed by atoms with Gasteiger partial charge in [0.25, 0.3) is 0 Å². The molecule has 0 fully saturated rings. The van der Waals surface area contributed by atoms with Crippen molar-refractivity contribution in [1.82, 2.24) is 9.97 Å². The van der Waals surface area contributed by atoms with Crippen LogP contribution >= 0.6 is 0 Å². The van der Waals surface area contributed by atoms with Crippen molar-refractivity contribution in [1.29, 1.82) is 0 Å². The second-order valence-corrected chi connectivity index (χ2v) is 5.35. The molecule has 0 saturated carbocycles. The minimum Gasteiger partial charge on any atom is -0.497 e. The lowest BCUT2D eigenvalue weighted by atomic mass is 10.2. The van der Waals surface area contributed by atoms with Gasteiger partial charge in [0.05, 0.1) is 19.2 Å². The van der Waals surface area contributed by atoms with E-state index in [1.165, 1.54) is 6.33 Å². The molecule has 122 valence electrons. The van der Waals surface area contributed by atoms with Crippen LogP contribution in [0.5, 0.6) is 5.75 Å². The molecule has 3 aromatic rings. The first-order valence-electron chi connectivity index (χ1n) is 7.52. The highest BCUT2D eigenvalue weighted by Gasteiger charge is 2.12. The van der Waals surface area contributed by atoms with Gasteiger partial charge in [0.1, 0.15) is 17.9 Å². The Hall–Kier alpha value is -3.15. The number of fused-ring (bicyclic) bond motifs is 1. The number of rotatable bonds is 5. The van der Waals surface area contributed by atoms with Crippen molar-refractivity contribution in [2.75, 3.05) is 30.9 Å². The topological polar surface area (TPSA) is 67.3 Å². The minimum absolute atomic E-state index is 0.120. The standard InChI is InChI=1S/C18H18N4O2/c1-22(18-15-5-3-4-6-16(15)19-12-20-18)11-17(23)21-13-7-9-14(24-2)10-8-13/h3-10,12H,11H2,1-2H3,(H,21,23). The van der Waals surface area contributed by atoms with Gasteiger partial charge in [-0.3, -0.25) is 4.79 Å². The third-order valence-electron chi connectivity index (χ3n) is 3.64. The molecule has 0 aliphatic heterocycles. The predicted octanol–water partition coefficient (Wildman–Crippen LogP) is 2.71. The summed E-state index contributed by atoms with van der Waals surface area (Å²) >= 11 is 0. The Balaban J connectivity index is 1.71. The quantitative estimate of drug-likeness (QED) is 0.782. The van der Waals surface area contributed by atoms with E-state index in [2.05, 4.69) is 15.3 Å². The number of anilines is 2. The van der Waals surface area contributed by atoms with Crippen LogP contribution in [0.4, 0.5) is 11.5 Å². The van der Waals surface area contributed by atoms with E-state index in [1.807, 2.05) is 36.2 Å². The average molecular weight is 322 g/mol. The molecule has 0 aliphatic rings. The lowest BCUT2D eigenvalue weighted by molar-refractivity contribution is -0.114. The highest BCUT2D eigenvalue weighted by molar-refractivity contribution is 5.96. The molecular weight excluding hydrogens is 304 g/mol. The van der Waals surface area contributed by atoms with Gasteiger partial charge >= 0.3 is 0 Å². The Kier molecular flexibility index (Phi) is 4.56. The zero-order chi connectivity index (χ0) is 16.9. The van der Waals surface area contributed by atoms with Crippen LogP contribution in [0.15, 0.2) is 54.9 Å². The molecule has 3 rings (SSSR count). The Morgan fingerprint density at radius 3 is 2.62 bits per heavy atom. The van der Waals surface area contributed by atoms with Gasteiger partial charge in [0, 0.05) is 18.1 Å². The molecule has 6 nitrogen and oxygen atoms in total. The number of nitrogens with zero attached hydrogens (tertiary/aromatic N) is 3. The van der Waals surface area contributed by atoms with E-state index in [4.69, 9.17) is 4.74 Å². The second-order valence-electron chi connectivity index (χ2n) is 5.35. The van der Waals surface area contributed by atoms with Gasteiger partial charge in [0.2, 0.25) is 5.91 Å². The number of amides is 1. The summed E-state index contributed by atoms with van der Waals surface area (Å²) in [7, 11) is 3.44. The van der Waals surface area contributed by atoms with Gasteiger partial charge in [-0.25, -0.2) is 9.97 Å². The van der Waals surface area contributed by atoms with Crippen LogP contribution in [-0.4, -0.2) is 36.6 Å². The maximum Gasteiger partial charge on any atom is 0.243 e. The number of carbonyl (C=O) groups is 1. The van der Waals surface area contributed by atoms with Crippen molar-refractivity contribution >= 4 is 28.3 Å². The molecule has 0 unspecified atom stereocenters. The Labute approximate surface area is 140 Å². The summed E-state index contributed by atoms with van der Waals surface area (Å²) < 4.78 is 5.10. The van der Waals surface area contributed by atoms with Crippen LogP contribution in [-0.2, 0) is 4.79 Å². The summed E-state index contributed by atoms with van der Waals surface area (Å²) in [5, 5.41) is 3.78. The lowest BCUT2D eigenvalue weighted by Crippen LogP contribution is -2.30. The fourth-order valence-corrected chi connectivity index (χ4v) is 2.46. The van der Waals surface area contributed by atoms with E-state index in [0.29, 0.717) is 0 Å². The average Bonchev–Trinajstić information content (AvgIpc) is 2.61.